The average molecular weight is 226 g/mol. The molecule has 92 valence electrons. The normalized spacial score (nSPS) is 52.7. The molecule has 0 bridgehead atoms. The summed E-state index contributed by atoms with van der Waals surface area (Å²) < 4.78 is 13.4. The predicted octanol–water partition coefficient (Wildman–Crippen LogP) is 1.95. The van der Waals surface area contributed by atoms with Gasteiger partial charge in [-0.15, -0.1) is 0 Å². The Morgan fingerprint density at radius 2 is 2.06 bits per heavy atom. The fourth-order valence-electron chi connectivity index (χ4n) is 3.92. The van der Waals surface area contributed by atoms with E-state index in [2.05, 4.69) is 17.3 Å². The van der Waals surface area contributed by atoms with Crippen molar-refractivity contribution in [1.82, 2.24) is 10.2 Å². The van der Waals surface area contributed by atoms with Gasteiger partial charge in [-0.1, -0.05) is 0 Å². The van der Waals surface area contributed by atoms with E-state index in [0.29, 0.717) is 17.5 Å². The van der Waals surface area contributed by atoms with Gasteiger partial charge in [-0.3, -0.25) is 0 Å². The fourth-order valence-corrected chi connectivity index (χ4v) is 3.92. The zero-order valence-electron chi connectivity index (χ0n) is 10.4. The molecule has 2 saturated carbocycles. The standard InChI is InChI=1S/C13H23FN2/c1-12(14)7-10(8-12)15-11-3-4-13(11)5-6-16(2)9-13/h10-11,15H,3-9H2,1-2H3. The first-order chi connectivity index (χ1) is 7.49. The maximum Gasteiger partial charge on any atom is 0.111 e. The van der Waals surface area contributed by atoms with Crippen molar-refractivity contribution in [3.63, 3.8) is 0 Å². The van der Waals surface area contributed by atoms with E-state index < -0.39 is 5.67 Å². The Morgan fingerprint density at radius 1 is 1.31 bits per heavy atom. The molecule has 16 heavy (non-hydrogen) atoms. The van der Waals surface area contributed by atoms with E-state index in [0.717, 1.165) is 12.8 Å². The lowest BCUT2D eigenvalue weighted by Crippen LogP contribution is -2.61. The van der Waals surface area contributed by atoms with Gasteiger partial charge in [-0.05, 0) is 58.0 Å². The van der Waals surface area contributed by atoms with Gasteiger partial charge in [-0.25, -0.2) is 4.39 Å². The first-order valence-corrected chi connectivity index (χ1v) is 6.63. The van der Waals surface area contributed by atoms with Crippen LogP contribution >= 0.6 is 0 Å². The maximum absolute atomic E-state index is 13.4. The van der Waals surface area contributed by atoms with E-state index in [9.17, 15) is 4.39 Å². The average Bonchev–Trinajstić information content (AvgIpc) is 2.54. The van der Waals surface area contributed by atoms with Crippen LogP contribution in [0.2, 0.25) is 0 Å². The Hall–Kier alpha value is -0.150. The molecule has 0 aromatic carbocycles. The molecular weight excluding hydrogens is 203 g/mol. The summed E-state index contributed by atoms with van der Waals surface area (Å²) in [5, 5.41) is 3.70. The molecule has 1 spiro atoms. The van der Waals surface area contributed by atoms with Gasteiger partial charge in [0.05, 0.1) is 0 Å². The molecule has 1 aliphatic heterocycles. The van der Waals surface area contributed by atoms with Crippen LogP contribution in [0.1, 0.15) is 39.0 Å². The number of nitrogens with zero attached hydrogens (tertiary/aromatic N) is 1. The van der Waals surface area contributed by atoms with Gasteiger partial charge in [0, 0.05) is 18.6 Å². The SMILES string of the molecule is CN1CCC2(CCC2NC2CC(C)(F)C2)C1. The Balaban J connectivity index is 1.53. The van der Waals surface area contributed by atoms with Crippen LogP contribution in [0.5, 0.6) is 0 Å². The molecular formula is C13H23FN2. The van der Waals surface area contributed by atoms with E-state index in [1.165, 1.54) is 32.4 Å². The smallest absolute Gasteiger partial charge is 0.111 e. The number of hydrogen-bond acceptors (Lipinski definition) is 2. The van der Waals surface area contributed by atoms with Gasteiger partial charge >= 0.3 is 0 Å². The van der Waals surface area contributed by atoms with Crippen LogP contribution < -0.4 is 5.32 Å². The molecule has 3 rings (SSSR count). The summed E-state index contributed by atoms with van der Waals surface area (Å²) in [6, 6.07) is 1.11. The largest absolute Gasteiger partial charge is 0.310 e. The second kappa shape index (κ2) is 3.42. The van der Waals surface area contributed by atoms with Crippen molar-refractivity contribution >= 4 is 0 Å². The molecule has 1 N–H and O–H groups in total. The van der Waals surface area contributed by atoms with E-state index in [1.54, 1.807) is 6.92 Å². The van der Waals surface area contributed by atoms with E-state index in [1.807, 2.05) is 0 Å². The van der Waals surface area contributed by atoms with Crippen molar-refractivity contribution in [3.05, 3.63) is 0 Å². The van der Waals surface area contributed by atoms with Gasteiger partial charge in [-0.2, -0.15) is 0 Å². The monoisotopic (exact) mass is 226 g/mol. The second-order valence-corrected chi connectivity index (χ2v) is 6.63. The summed E-state index contributed by atoms with van der Waals surface area (Å²) in [5.41, 5.74) is -0.349. The van der Waals surface area contributed by atoms with Gasteiger partial charge in [0.15, 0.2) is 0 Å². The van der Waals surface area contributed by atoms with Crippen LogP contribution in [0.15, 0.2) is 0 Å². The fraction of sp³-hybridized carbons (Fsp3) is 1.00. The highest BCUT2D eigenvalue weighted by Crippen LogP contribution is 2.49. The molecule has 0 amide bonds. The van der Waals surface area contributed by atoms with Crippen LogP contribution in [0.25, 0.3) is 0 Å². The van der Waals surface area contributed by atoms with Crippen molar-refractivity contribution in [3.8, 4) is 0 Å². The topological polar surface area (TPSA) is 15.3 Å². The Morgan fingerprint density at radius 3 is 2.50 bits per heavy atom. The van der Waals surface area contributed by atoms with Crippen LogP contribution in [0.3, 0.4) is 0 Å². The highest BCUT2D eigenvalue weighted by Gasteiger charge is 2.52. The molecule has 2 unspecified atom stereocenters. The number of alkyl halides is 1. The van der Waals surface area contributed by atoms with E-state index >= 15 is 0 Å². The molecule has 3 heteroatoms. The molecule has 0 radical (unpaired) electrons. The van der Waals surface area contributed by atoms with Crippen molar-refractivity contribution in [2.24, 2.45) is 5.41 Å². The minimum Gasteiger partial charge on any atom is -0.310 e. The minimum absolute atomic E-state index is 0.447. The highest BCUT2D eigenvalue weighted by molar-refractivity contribution is 5.08. The van der Waals surface area contributed by atoms with Crippen LogP contribution in [0.4, 0.5) is 4.39 Å². The third-order valence-electron chi connectivity index (χ3n) is 5.03. The lowest BCUT2D eigenvalue weighted by molar-refractivity contribution is 0.00280. The van der Waals surface area contributed by atoms with Crippen LogP contribution in [-0.2, 0) is 0 Å². The zero-order chi connectivity index (χ0) is 11.4. The first kappa shape index (κ1) is 11.0. The Bertz CT molecular complexity index is 284. The summed E-state index contributed by atoms with van der Waals surface area (Å²) in [7, 11) is 2.21. The van der Waals surface area contributed by atoms with Crippen molar-refractivity contribution in [1.29, 1.82) is 0 Å². The van der Waals surface area contributed by atoms with Gasteiger partial charge in [0.1, 0.15) is 5.67 Å². The highest BCUT2D eigenvalue weighted by atomic mass is 19.1. The quantitative estimate of drug-likeness (QED) is 0.774. The number of nitrogens with one attached hydrogen (secondary N) is 1. The van der Waals surface area contributed by atoms with Crippen molar-refractivity contribution < 1.29 is 4.39 Å². The van der Waals surface area contributed by atoms with Gasteiger partial charge in [0.25, 0.3) is 0 Å². The third-order valence-corrected chi connectivity index (χ3v) is 5.03. The molecule has 3 fully saturated rings. The molecule has 0 aromatic rings. The Kier molecular flexibility index (Phi) is 2.35. The van der Waals surface area contributed by atoms with Crippen LogP contribution in [0, 0.1) is 5.41 Å². The summed E-state index contributed by atoms with van der Waals surface area (Å²) in [6.07, 6.45) is 5.44. The number of likely N-dealkylation sites (tertiary alicyclic amines) is 1. The third kappa shape index (κ3) is 1.68. The van der Waals surface area contributed by atoms with Gasteiger partial charge in [0.2, 0.25) is 0 Å². The van der Waals surface area contributed by atoms with Crippen LogP contribution in [-0.4, -0.2) is 42.8 Å². The lowest BCUT2D eigenvalue weighted by atomic mass is 9.63. The molecule has 2 nitrogen and oxygen atoms in total. The first-order valence-electron chi connectivity index (χ1n) is 6.63. The molecule has 1 saturated heterocycles. The molecule has 0 aromatic heterocycles. The summed E-state index contributed by atoms with van der Waals surface area (Å²) in [5.74, 6) is 0. The Labute approximate surface area is 97.6 Å². The second-order valence-electron chi connectivity index (χ2n) is 6.63. The molecule has 3 aliphatic rings. The van der Waals surface area contributed by atoms with Crippen molar-refractivity contribution in [2.45, 2.75) is 56.8 Å². The maximum atomic E-state index is 13.4. The summed E-state index contributed by atoms with van der Waals surface area (Å²) in [4.78, 5) is 2.44. The van der Waals surface area contributed by atoms with Crippen molar-refractivity contribution in [2.75, 3.05) is 20.1 Å². The molecule has 2 atom stereocenters. The predicted molar refractivity (Wildman–Crippen MR) is 63.2 cm³/mol. The molecule has 2 aliphatic carbocycles. The zero-order valence-corrected chi connectivity index (χ0v) is 10.4. The minimum atomic E-state index is -0.888. The summed E-state index contributed by atoms with van der Waals surface area (Å²) in [6.45, 7) is 4.21. The number of hydrogen-bond donors (Lipinski definition) is 1. The number of halogens is 1. The lowest BCUT2D eigenvalue weighted by Gasteiger charge is -2.52. The van der Waals surface area contributed by atoms with Gasteiger partial charge < -0.3 is 10.2 Å². The van der Waals surface area contributed by atoms with E-state index in [4.69, 9.17) is 0 Å². The molecule has 1 heterocycles. The number of rotatable bonds is 2. The summed E-state index contributed by atoms with van der Waals surface area (Å²) >= 11 is 0. The van der Waals surface area contributed by atoms with E-state index in [-0.39, 0.29) is 0 Å².